The van der Waals surface area contributed by atoms with Crippen molar-refractivity contribution in [2.45, 2.75) is 64.3 Å². The molecule has 1 amide bonds. The van der Waals surface area contributed by atoms with Crippen LogP contribution in [0.3, 0.4) is 0 Å². The van der Waals surface area contributed by atoms with E-state index in [0.717, 1.165) is 37.0 Å². The number of hydrogen-bond donors (Lipinski definition) is 0. The molecule has 5 heteroatoms. The number of aromatic nitrogens is 1. The Morgan fingerprint density at radius 1 is 1.25 bits per heavy atom. The zero-order valence-corrected chi connectivity index (χ0v) is 14.5. The van der Waals surface area contributed by atoms with Crippen molar-refractivity contribution >= 4 is 5.91 Å². The van der Waals surface area contributed by atoms with Crippen LogP contribution in [0.2, 0.25) is 0 Å². The molecule has 24 heavy (non-hydrogen) atoms. The number of aryl methyl sites for hydroxylation is 2. The minimum atomic E-state index is -0.0428. The van der Waals surface area contributed by atoms with Crippen LogP contribution in [0.4, 0.5) is 0 Å². The predicted molar refractivity (Wildman–Crippen MR) is 88.1 cm³/mol. The van der Waals surface area contributed by atoms with Crippen LogP contribution in [0.25, 0.3) is 0 Å². The highest BCUT2D eigenvalue weighted by molar-refractivity contribution is 5.96. The molecule has 4 fully saturated rings. The van der Waals surface area contributed by atoms with Gasteiger partial charge in [0.2, 0.25) is 0 Å². The average molecular weight is 327 g/mol. The van der Waals surface area contributed by atoms with Crippen LogP contribution in [0.1, 0.15) is 66.8 Å². The Labute approximate surface area is 143 Å². The fourth-order valence-corrected chi connectivity index (χ4v) is 6.03. The zero-order valence-electron chi connectivity index (χ0n) is 14.5. The molecule has 0 radical (unpaired) electrons. The number of carbonyl (C=O) groups excluding carboxylic acids is 1. The lowest BCUT2D eigenvalue weighted by molar-refractivity contribution is -0.0741. The van der Waals surface area contributed by atoms with Gasteiger partial charge < -0.3 is 9.42 Å². The molecule has 4 bridgehead atoms. The van der Waals surface area contributed by atoms with E-state index in [1.165, 1.54) is 19.3 Å². The van der Waals surface area contributed by atoms with Gasteiger partial charge in [0.05, 0.1) is 18.2 Å². The molecule has 1 aromatic heterocycles. The summed E-state index contributed by atoms with van der Waals surface area (Å²) < 4.78 is 5.23. The molecule has 0 saturated heterocycles. The minimum absolute atomic E-state index is 0.0171. The summed E-state index contributed by atoms with van der Waals surface area (Å²) in [4.78, 5) is 15.4. The highest BCUT2D eigenvalue weighted by Crippen LogP contribution is 2.58. The van der Waals surface area contributed by atoms with Gasteiger partial charge in [-0.15, -0.1) is 0 Å². The molecule has 4 saturated carbocycles. The summed E-state index contributed by atoms with van der Waals surface area (Å²) in [5.74, 6) is 2.89. The first kappa shape index (κ1) is 15.7. The van der Waals surface area contributed by atoms with Crippen LogP contribution >= 0.6 is 0 Å². The SMILES string of the molecule is Cc1noc(C)c1C(=O)N(CCC#N)C12CC3CC(CC(C3)C1)C2. The molecule has 4 aliphatic rings. The van der Waals surface area contributed by atoms with Gasteiger partial charge in [0, 0.05) is 12.1 Å². The predicted octanol–water partition coefficient (Wildman–Crippen LogP) is 3.62. The van der Waals surface area contributed by atoms with Gasteiger partial charge in [0.15, 0.2) is 0 Å². The van der Waals surface area contributed by atoms with Crippen molar-refractivity contribution in [1.29, 1.82) is 5.26 Å². The molecular formula is C19H25N3O2. The third kappa shape index (κ3) is 2.35. The summed E-state index contributed by atoms with van der Waals surface area (Å²) in [7, 11) is 0. The third-order valence-electron chi connectivity index (χ3n) is 6.52. The van der Waals surface area contributed by atoms with Crippen LogP contribution in [0.5, 0.6) is 0 Å². The molecule has 0 atom stereocenters. The fraction of sp³-hybridized carbons (Fsp3) is 0.737. The maximum Gasteiger partial charge on any atom is 0.259 e. The van der Waals surface area contributed by atoms with Crippen LogP contribution in [-0.2, 0) is 0 Å². The first-order chi connectivity index (χ1) is 11.5. The summed E-state index contributed by atoms with van der Waals surface area (Å²) in [5.41, 5.74) is 1.21. The number of nitrogens with zero attached hydrogens (tertiary/aromatic N) is 3. The quantitative estimate of drug-likeness (QED) is 0.847. The Morgan fingerprint density at radius 3 is 2.29 bits per heavy atom. The third-order valence-corrected chi connectivity index (χ3v) is 6.52. The molecule has 0 spiro atoms. The number of amides is 1. The van der Waals surface area contributed by atoms with Crippen molar-refractivity contribution in [2.24, 2.45) is 17.8 Å². The van der Waals surface area contributed by atoms with Crippen LogP contribution in [0.15, 0.2) is 4.52 Å². The Hall–Kier alpha value is -1.83. The number of carbonyl (C=O) groups is 1. The van der Waals surface area contributed by atoms with Gasteiger partial charge in [-0.25, -0.2) is 0 Å². The van der Waals surface area contributed by atoms with Crippen molar-refractivity contribution in [1.82, 2.24) is 10.1 Å². The molecule has 1 heterocycles. The second-order valence-electron chi connectivity index (χ2n) is 8.21. The van der Waals surface area contributed by atoms with Crippen LogP contribution in [-0.4, -0.2) is 28.0 Å². The van der Waals surface area contributed by atoms with Crippen molar-refractivity contribution < 1.29 is 9.32 Å². The highest BCUT2D eigenvalue weighted by Gasteiger charge is 2.54. The van der Waals surface area contributed by atoms with Gasteiger partial charge in [-0.05, 0) is 70.1 Å². The van der Waals surface area contributed by atoms with Crippen LogP contribution in [0, 0.1) is 42.9 Å². The lowest BCUT2D eigenvalue weighted by Gasteiger charge is -2.60. The van der Waals surface area contributed by atoms with Gasteiger partial charge in [0.25, 0.3) is 5.91 Å². The van der Waals surface area contributed by atoms with Gasteiger partial charge in [0.1, 0.15) is 11.3 Å². The van der Waals surface area contributed by atoms with Gasteiger partial charge in [-0.1, -0.05) is 5.16 Å². The van der Waals surface area contributed by atoms with Gasteiger partial charge in [-0.3, -0.25) is 4.79 Å². The normalized spacial score (nSPS) is 33.5. The first-order valence-electron chi connectivity index (χ1n) is 9.14. The summed E-state index contributed by atoms with van der Waals surface area (Å²) in [6, 6.07) is 2.23. The molecule has 0 N–H and O–H groups in total. The molecule has 0 aliphatic heterocycles. The van der Waals surface area contributed by atoms with E-state index in [1.54, 1.807) is 6.92 Å². The molecule has 128 valence electrons. The topological polar surface area (TPSA) is 70.1 Å². The monoisotopic (exact) mass is 327 g/mol. The standard InChI is InChI=1S/C19H25N3O2/c1-12-17(13(2)24-21-12)18(23)22(5-3-4-20)19-9-14-6-15(10-19)8-16(7-14)11-19/h14-16H,3,5-11H2,1-2H3. The molecule has 1 aromatic rings. The second kappa shape index (κ2) is 5.61. The van der Waals surface area contributed by atoms with Crippen molar-refractivity contribution in [3.8, 4) is 6.07 Å². The molecule has 5 nitrogen and oxygen atoms in total. The van der Waals surface area contributed by atoms with Gasteiger partial charge in [-0.2, -0.15) is 5.26 Å². The fourth-order valence-electron chi connectivity index (χ4n) is 6.03. The summed E-state index contributed by atoms with van der Waals surface area (Å²) in [6.07, 6.45) is 7.73. The van der Waals surface area contributed by atoms with E-state index in [9.17, 15) is 4.79 Å². The van der Waals surface area contributed by atoms with E-state index in [4.69, 9.17) is 9.78 Å². The summed E-state index contributed by atoms with van der Waals surface area (Å²) in [6.45, 7) is 4.15. The van der Waals surface area contributed by atoms with E-state index in [-0.39, 0.29) is 11.4 Å². The number of hydrogen-bond acceptors (Lipinski definition) is 4. The zero-order chi connectivity index (χ0) is 16.9. The smallest absolute Gasteiger partial charge is 0.259 e. The van der Waals surface area contributed by atoms with Crippen LogP contribution < -0.4 is 0 Å². The Bertz CT molecular complexity index is 645. The molecule has 5 rings (SSSR count). The Morgan fingerprint density at radius 2 is 1.83 bits per heavy atom. The maximum absolute atomic E-state index is 13.4. The lowest BCUT2D eigenvalue weighted by atomic mass is 9.52. The summed E-state index contributed by atoms with van der Waals surface area (Å²) in [5, 5.41) is 13.1. The molecule has 0 aromatic carbocycles. The van der Waals surface area contributed by atoms with E-state index < -0.39 is 0 Å². The maximum atomic E-state index is 13.4. The van der Waals surface area contributed by atoms with Gasteiger partial charge >= 0.3 is 0 Å². The average Bonchev–Trinajstić information content (AvgIpc) is 2.85. The Balaban J connectivity index is 1.70. The van der Waals surface area contributed by atoms with Crippen molar-refractivity contribution in [3.05, 3.63) is 17.0 Å². The van der Waals surface area contributed by atoms with E-state index >= 15 is 0 Å². The largest absolute Gasteiger partial charge is 0.361 e. The van der Waals surface area contributed by atoms with E-state index in [0.29, 0.717) is 30.0 Å². The van der Waals surface area contributed by atoms with E-state index in [2.05, 4.69) is 11.2 Å². The minimum Gasteiger partial charge on any atom is -0.361 e. The Kier molecular flexibility index (Phi) is 3.67. The van der Waals surface area contributed by atoms with Crippen molar-refractivity contribution in [3.63, 3.8) is 0 Å². The lowest BCUT2D eigenvalue weighted by Crippen LogP contribution is -2.61. The summed E-state index contributed by atoms with van der Waals surface area (Å²) >= 11 is 0. The highest BCUT2D eigenvalue weighted by atomic mass is 16.5. The van der Waals surface area contributed by atoms with E-state index in [1.807, 2.05) is 11.8 Å². The number of nitriles is 1. The molecule has 4 aliphatic carbocycles. The van der Waals surface area contributed by atoms with Crippen molar-refractivity contribution in [2.75, 3.05) is 6.54 Å². The number of rotatable bonds is 4. The molecular weight excluding hydrogens is 302 g/mol. The molecule has 0 unspecified atom stereocenters. The first-order valence-corrected chi connectivity index (χ1v) is 9.14. The second-order valence-corrected chi connectivity index (χ2v) is 8.21.